The summed E-state index contributed by atoms with van der Waals surface area (Å²) in [6.45, 7) is 11.7. The minimum atomic E-state index is 0.867. The maximum atomic E-state index is 5.34. The topological polar surface area (TPSA) is 50.1 Å². The van der Waals surface area contributed by atoms with E-state index in [1.54, 1.807) is 0 Å². The monoisotopic (exact) mass is 245 g/mol. The van der Waals surface area contributed by atoms with E-state index in [9.17, 15) is 0 Å². The van der Waals surface area contributed by atoms with Crippen molar-refractivity contribution in [3.63, 3.8) is 0 Å². The van der Waals surface area contributed by atoms with Gasteiger partial charge in [-0.3, -0.25) is 0 Å². The van der Waals surface area contributed by atoms with Crippen molar-refractivity contribution in [2.75, 3.05) is 32.7 Å². The second-order valence-electron chi connectivity index (χ2n) is 4.06. The molecule has 106 valence electrons. The van der Waals surface area contributed by atoms with Gasteiger partial charge in [0.25, 0.3) is 0 Å². The fourth-order valence-corrected chi connectivity index (χ4v) is 1.53. The Morgan fingerprint density at radius 3 is 1.53 bits per heavy atom. The number of nitrogens with one attached hydrogen (secondary N) is 2. The predicted octanol–water partition coefficient (Wildman–Crippen LogP) is 2.51. The van der Waals surface area contributed by atoms with E-state index < -0.39 is 0 Å². The molecule has 1 saturated heterocycles. The van der Waals surface area contributed by atoms with E-state index in [0.29, 0.717) is 0 Å². The molecule has 0 aromatic rings. The highest BCUT2D eigenvalue weighted by Gasteiger charge is 1.91. The molecule has 1 fully saturated rings. The largest absolute Gasteiger partial charge is 0.330 e. The second kappa shape index (κ2) is 21.2. The number of unbranched alkanes of at least 4 members (excludes halogenated alkanes) is 5. The van der Waals surface area contributed by atoms with Gasteiger partial charge in [0.15, 0.2) is 0 Å². The standard InChI is InChI=1S/C8H19N.C4H10N2.C2H6/c1-2-3-4-5-6-7-8-9;1-2-6-4-3-5-1;1-2/h2-9H2,1H3;5-6H,1-4H2;1-2H3. The lowest BCUT2D eigenvalue weighted by Gasteiger charge is -2.11. The molecule has 0 aliphatic carbocycles. The predicted molar refractivity (Wildman–Crippen MR) is 79.5 cm³/mol. The van der Waals surface area contributed by atoms with Crippen molar-refractivity contribution in [1.82, 2.24) is 10.6 Å². The van der Waals surface area contributed by atoms with Gasteiger partial charge < -0.3 is 16.4 Å². The molecule has 1 heterocycles. The Bertz CT molecular complexity index is 86.1. The van der Waals surface area contributed by atoms with Gasteiger partial charge in [0.2, 0.25) is 0 Å². The summed E-state index contributed by atoms with van der Waals surface area (Å²) in [5, 5.41) is 6.44. The van der Waals surface area contributed by atoms with Gasteiger partial charge in [-0.1, -0.05) is 52.9 Å². The van der Waals surface area contributed by atoms with Crippen molar-refractivity contribution < 1.29 is 0 Å². The summed E-state index contributed by atoms with van der Waals surface area (Å²) in [4.78, 5) is 0. The van der Waals surface area contributed by atoms with E-state index in [1.165, 1.54) is 38.5 Å². The smallest absolute Gasteiger partial charge is 0.00772 e. The Kier molecular flexibility index (Phi) is 24.0. The van der Waals surface area contributed by atoms with Crippen LogP contribution in [-0.4, -0.2) is 32.7 Å². The van der Waals surface area contributed by atoms with Gasteiger partial charge in [-0.2, -0.15) is 0 Å². The van der Waals surface area contributed by atoms with E-state index in [-0.39, 0.29) is 0 Å². The Morgan fingerprint density at radius 1 is 0.765 bits per heavy atom. The molecular formula is C14H35N3. The molecule has 0 aromatic carbocycles. The molecule has 4 N–H and O–H groups in total. The first-order valence-corrected chi connectivity index (χ1v) is 7.53. The molecule has 0 unspecified atom stereocenters. The molecule has 3 nitrogen and oxygen atoms in total. The molecule has 1 aliphatic rings. The summed E-state index contributed by atoms with van der Waals surface area (Å²) < 4.78 is 0. The first-order chi connectivity index (χ1) is 8.41. The maximum absolute atomic E-state index is 5.34. The Labute approximate surface area is 109 Å². The molecule has 1 aliphatic heterocycles. The van der Waals surface area contributed by atoms with E-state index >= 15 is 0 Å². The molecular weight excluding hydrogens is 210 g/mol. The van der Waals surface area contributed by atoms with Gasteiger partial charge >= 0.3 is 0 Å². The van der Waals surface area contributed by atoms with Crippen LogP contribution in [-0.2, 0) is 0 Å². The normalized spacial score (nSPS) is 14.1. The quantitative estimate of drug-likeness (QED) is 0.630. The lowest BCUT2D eigenvalue weighted by atomic mass is 10.1. The third kappa shape index (κ3) is 21.7. The van der Waals surface area contributed by atoms with Crippen LogP contribution in [0.3, 0.4) is 0 Å². The minimum Gasteiger partial charge on any atom is -0.330 e. The average molecular weight is 245 g/mol. The molecule has 0 spiro atoms. The van der Waals surface area contributed by atoms with Crippen molar-refractivity contribution in [1.29, 1.82) is 0 Å². The van der Waals surface area contributed by atoms with E-state index in [1.807, 2.05) is 13.8 Å². The second-order valence-corrected chi connectivity index (χ2v) is 4.06. The zero-order valence-electron chi connectivity index (χ0n) is 12.4. The van der Waals surface area contributed by atoms with Crippen LogP contribution in [0.1, 0.15) is 59.3 Å². The zero-order chi connectivity index (χ0) is 13.2. The molecule has 0 amide bonds. The van der Waals surface area contributed by atoms with Gasteiger partial charge in [-0.15, -0.1) is 0 Å². The van der Waals surface area contributed by atoms with E-state index in [2.05, 4.69) is 17.6 Å². The number of hydrogen-bond acceptors (Lipinski definition) is 3. The van der Waals surface area contributed by atoms with Crippen molar-refractivity contribution in [3.8, 4) is 0 Å². The maximum Gasteiger partial charge on any atom is 0.00772 e. The molecule has 0 radical (unpaired) electrons. The van der Waals surface area contributed by atoms with Crippen LogP contribution < -0.4 is 16.4 Å². The van der Waals surface area contributed by atoms with E-state index in [4.69, 9.17) is 5.73 Å². The fraction of sp³-hybridized carbons (Fsp3) is 1.00. The van der Waals surface area contributed by atoms with Crippen molar-refractivity contribution >= 4 is 0 Å². The highest BCUT2D eigenvalue weighted by Crippen LogP contribution is 2.03. The van der Waals surface area contributed by atoms with Crippen LogP contribution >= 0.6 is 0 Å². The molecule has 3 heteroatoms. The number of nitrogens with two attached hydrogens (primary N) is 1. The summed E-state index contributed by atoms with van der Waals surface area (Å²) in [6.07, 6.45) is 8.05. The first-order valence-electron chi connectivity index (χ1n) is 7.53. The van der Waals surface area contributed by atoms with Crippen LogP contribution in [0.15, 0.2) is 0 Å². The Balaban J connectivity index is 0. The molecule has 0 saturated carbocycles. The third-order valence-corrected chi connectivity index (χ3v) is 2.51. The molecule has 17 heavy (non-hydrogen) atoms. The van der Waals surface area contributed by atoms with Crippen molar-refractivity contribution in [2.24, 2.45) is 5.73 Å². The SMILES string of the molecule is C1CNCCN1.CC.CCCCCCCCN. The summed E-state index contributed by atoms with van der Waals surface area (Å²) in [5.74, 6) is 0. The van der Waals surface area contributed by atoms with Crippen molar-refractivity contribution in [2.45, 2.75) is 59.3 Å². The van der Waals surface area contributed by atoms with Gasteiger partial charge in [-0.25, -0.2) is 0 Å². The molecule has 0 aromatic heterocycles. The zero-order valence-corrected chi connectivity index (χ0v) is 12.4. The summed E-state index contributed by atoms with van der Waals surface area (Å²) >= 11 is 0. The number of piperazine rings is 1. The summed E-state index contributed by atoms with van der Waals surface area (Å²) in [7, 11) is 0. The van der Waals surface area contributed by atoms with Crippen molar-refractivity contribution in [3.05, 3.63) is 0 Å². The average Bonchev–Trinajstić information content (AvgIpc) is 2.44. The number of rotatable bonds is 6. The van der Waals surface area contributed by atoms with Gasteiger partial charge in [0.1, 0.15) is 0 Å². The van der Waals surface area contributed by atoms with Crippen LogP contribution in [0.25, 0.3) is 0 Å². The van der Waals surface area contributed by atoms with Crippen LogP contribution in [0.2, 0.25) is 0 Å². The van der Waals surface area contributed by atoms with Crippen LogP contribution in [0.5, 0.6) is 0 Å². The molecule has 0 atom stereocenters. The van der Waals surface area contributed by atoms with E-state index in [0.717, 1.165) is 32.7 Å². The van der Waals surface area contributed by atoms with Crippen LogP contribution in [0, 0.1) is 0 Å². The lowest BCUT2D eigenvalue weighted by molar-refractivity contribution is 0.534. The highest BCUT2D eigenvalue weighted by atomic mass is 15.0. The lowest BCUT2D eigenvalue weighted by Crippen LogP contribution is -2.39. The van der Waals surface area contributed by atoms with Gasteiger partial charge in [0, 0.05) is 26.2 Å². The first kappa shape index (κ1) is 19.2. The minimum absolute atomic E-state index is 0.867. The third-order valence-electron chi connectivity index (χ3n) is 2.51. The molecule has 0 bridgehead atoms. The summed E-state index contributed by atoms with van der Waals surface area (Å²) in [6, 6.07) is 0. The highest BCUT2D eigenvalue weighted by molar-refractivity contribution is 4.59. The van der Waals surface area contributed by atoms with Gasteiger partial charge in [-0.05, 0) is 13.0 Å². The summed E-state index contributed by atoms with van der Waals surface area (Å²) in [5.41, 5.74) is 5.34. The Morgan fingerprint density at radius 2 is 1.18 bits per heavy atom. The molecule has 1 rings (SSSR count). The van der Waals surface area contributed by atoms with Gasteiger partial charge in [0.05, 0.1) is 0 Å². The van der Waals surface area contributed by atoms with Crippen LogP contribution in [0.4, 0.5) is 0 Å². The Hall–Kier alpha value is -0.120. The number of hydrogen-bond donors (Lipinski definition) is 3. The fourth-order valence-electron chi connectivity index (χ4n) is 1.53.